The van der Waals surface area contributed by atoms with Gasteiger partial charge in [0.1, 0.15) is 0 Å². The van der Waals surface area contributed by atoms with Gasteiger partial charge in [0.2, 0.25) is 0 Å². The molecule has 0 N–H and O–H groups in total. The first-order valence-corrected chi connectivity index (χ1v) is 3.14. The average Bonchev–Trinajstić information content (AvgIpc) is 1.68. The summed E-state index contributed by atoms with van der Waals surface area (Å²) in [6, 6.07) is 0. The van der Waals surface area contributed by atoms with Gasteiger partial charge in [0.15, 0.2) is 9.99 Å². The maximum Gasteiger partial charge on any atom is 0.182 e. The van der Waals surface area contributed by atoms with Crippen LogP contribution in [-0.2, 0) is 14.2 Å². The molecule has 0 amide bonds. The molecule has 0 aromatic rings. The summed E-state index contributed by atoms with van der Waals surface area (Å²) < 4.78 is 17.7. The average molecular weight is 121 g/mol. The molecule has 42 valence electrons. The second-order valence-corrected chi connectivity index (χ2v) is 2.63. The van der Waals surface area contributed by atoms with Gasteiger partial charge in [-0.2, -0.15) is 4.40 Å². The van der Waals surface area contributed by atoms with E-state index in [2.05, 4.69) is 21.2 Å². The second kappa shape index (κ2) is 2.09. The summed E-state index contributed by atoms with van der Waals surface area (Å²) in [6.45, 7) is 2.99. The molecule has 3 nitrogen and oxygen atoms in total. The van der Waals surface area contributed by atoms with Gasteiger partial charge in [0.25, 0.3) is 0 Å². The van der Waals surface area contributed by atoms with E-state index in [9.17, 15) is 4.21 Å². The van der Waals surface area contributed by atoms with Crippen LogP contribution in [-0.4, -0.2) is 23.9 Å². The maximum atomic E-state index is 10.4. The molecule has 1 atom stereocenters. The molecule has 0 aliphatic carbocycles. The van der Waals surface area contributed by atoms with Gasteiger partial charge in [0.05, 0.1) is 7.11 Å². The molecule has 0 bridgehead atoms. The third kappa shape index (κ3) is 2.36. The predicted octanol–water partition coefficient (Wildman–Crippen LogP) is -0.120. The summed E-state index contributed by atoms with van der Waals surface area (Å²) in [7, 11) is -1.38. The van der Waals surface area contributed by atoms with Crippen LogP contribution in [0.15, 0.2) is 4.40 Å². The minimum absolute atomic E-state index is 1.27. The molecular formula is C3H7NO2S. The van der Waals surface area contributed by atoms with Gasteiger partial charge in [-0.3, -0.25) is 4.18 Å². The Labute approximate surface area is 43.4 Å². The van der Waals surface area contributed by atoms with Crippen molar-refractivity contribution in [2.45, 2.75) is 0 Å². The van der Waals surface area contributed by atoms with Crippen molar-refractivity contribution < 1.29 is 8.39 Å². The zero-order chi connectivity index (χ0) is 5.91. The Kier molecular flexibility index (Phi) is 1.98. The zero-order valence-corrected chi connectivity index (χ0v) is 4.90. The van der Waals surface area contributed by atoms with Crippen LogP contribution in [0.4, 0.5) is 0 Å². The summed E-state index contributed by atoms with van der Waals surface area (Å²) in [5, 5.41) is 0. The normalized spacial score (nSPS) is 17.9. The van der Waals surface area contributed by atoms with Gasteiger partial charge in [-0.15, -0.1) is 0 Å². The van der Waals surface area contributed by atoms with Crippen molar-refractivity contribution in [2.24, 2.45) is 4.40 Å². The molecule has 0 saturated carbocycles. The van der Waals surface area contributed by atoms with Crippen molar-refractivity contribution in [1.29, 1.82) is 0 Å². The molecule has 0 radical (unpaired) electrons. The minimum Gasteiger partial charge on any atom is -0.285 e. The highest BCUT2D eigenvalue weighted by Crippen LogP contribution is 1.86. The van der Waals surface area contributed by atoms with Crippen LogP contribution in [0.1, 0.15) is 0 Å². The molecule has 7 heavy (non-hydrogen) atoms. The first-order valence-electron chi connectivity index (χ1n) is 1.53. The standard InChI is InChI=1S/C3H7NO2S/c1-4-7(3,5)6-2/h1,3H2,2H3. The highest BCUT2D eigenvalue weighted by atomic mass is 32.2. The van der Waals surface area contributed by atoms with Crippen LogP contribution < -0.4 is 0 Å². The van der Waals surface area contributed by atoms with E-state index in [1.165, 1.54) is 7.11 Å². The van der Waals surface area contributed by atoms with E-state index >= 15 is 0 Å². The quantitative estimate of drug-likeness (QED) is 0.377. The molecule has 1 unspecified atom stereocenters. The van der Waals surface area contributed by atoms with Crippen molar-refractivity contribution in [3.63, 3.8) is 0 Å². The first-order chi connectivity index (χ1) is 3.12. The Morgan fingerprint density at radius 2 is 2.29 bits per heavy atom. The van der Waals surface area contributed by atoms with Gasteiger partial charge < -0.3 is 0 Å². The number of rotatable bonds is 2. The van der Waals surface area contributed by atoms with Gasteiger partial charge in [0, 0.05) is 12.6 Å². The Morgan fingerprint density at radius 1 is 1.86 bits per heavy atom. The van der Waals surface area contributed by atoms with Crippen LogP contribution in [0.25, 0.3) is 0 Å². The SMILES string of the molecule is C=NS(=C)(=O)OC. The van der Waals surface area contributed by atoms with Crippen molar-refractivity contribution in [1.82, 2.24) is 0 Å². The molecular weight excluding hydrogens is 114 g/mol. The lowest BCUT2D eigenvalue weighted by Crippen LogP contribution is -1.94. The van der Waals surface area contributed by atoms with Crippen LogP contribution in [0, 0.1) is 0 Å². The molecule has 0 fully saturated rings. The smallest absolute Gasteiger partial charge is 0.182 e. The molecule has 0 aliphatic heterocycles. The highest BCUT2D eigenvalue weighted by molar-refractivity contribution is 7.94. The molecule has 0 rings (SSSR count). The van der Waals surface area contributed by atoms with Gasteiger partial charge in [-0.1, -0.05) is 0 Å². The Balaban J connectivity index is 4.17. The maximum absolute atomic E-state index is 10.4. The zero-order valence-electron chi connectivity index (χ0n) is 4.09. The summed E-state index contributed by atoms with van der Waals surface area (Å²) in [5.41, 5.74) is 0. The van der Waals surface area contributed by atoms with Gasteiger partial charge in [-0.05, 0) is 0 Å². The summed E-state index contributed by atoms with van der Waals surface area (Å²) in [4.78, 5) is 0. The first kappa shape index (κ1) is 6.65. The Bertz CT molecular complexity index is 146. The molecule has 0 saturated heterocycles. The van der Waals surface area contributed by atoms with E-state index in [4.69, 9.17) is 0 Å². The van der Waals surface area contributed by atoms with E-state index in [1.807, 2.05) is 0 Å². The molecule has 0 aromatic heterocycles. The van der Waals surface area contributed by atoms with Gasteiger partial charge >= 0.3 is 0 Å². The minimum atomic E-state index is -2.64. The van der Waals surface area contributed by atoms with E-state index in [1.54, 1.807) is 0 Å². The number of hydrogen-bond donors (Lipinski definition) is 0. The largest absolute Gasteiger partial charge is 0.285 e. The van der Waals surface area contributed by atoms with Crippen molar-refractivity contribution in [3.05, 3.63) is 0 Å². The monoisotopic (exact) mass is 121 g/mol. The number of hydrogen-bond acceptors (Lipinski definition) is 2. The van der Waals surface area contributed by atoms with Crippen LogP contribution in [0.2, 0.25) is 0 Å². The topological polar surface area (TPSA) is 38.7 Å². The third-order valence-corrected chi connectivity index (χ3v) is 1.37. The Morgan fingerprint density at radius 3 is 2.29 bits per heavy atom. The summed E-state index contributed by atoms with van der Waals surface area (Å²) in [6.07, 6.45) is 0. The van der Waals surface area contributed by atoms with Gasteiger partial charge in [-0.25, -0.2) is 4.21 Å². The fourth-order valence-corrected chi connectivity index (χ4v) is 0.158. The van der Waals surface area contributed by atoms with Crippen LogP contribution in [0.3, 0.4) is 0 Å². The summed E-state index contributed by atoms with van der Waals surface area (Å²) >= 11 is 0. The van der Waals surface area contributed by atoms with E-state index in [0.29, 0.717) is 0 Å². The van der Waals surface area contributed by atoms with E-state index in [-0.39, 0.29) is 0 Å². The lowest BCUT2D eigenvalue weighted by atomic mass is 11.8. The predicted molar refractivity (Wildman–Crippen MR) is 31.8 cm³/mol. The fourth-order valence-electron chi connectivity index (χ4n) is 0.0527. The van der Waals surface area contributed by atoms with Crippen LogP contribution >= 0.6 is 0 Å². The second-order valence-electron chi connectivity index (χ2n) is 0.878. The van der Waals surface area contributed by atoms with Crippen molar-refractivity contribution >= 4 is 22.6 Å². The fraction of sp³-hybridized carbons (Fsp3) is 0.333. The van der Waals surface area contributed by atoms with E-state index < -0.39 is 9.99 Å². The van der Waals surface area contributed by atoms with Crippen molar-refractivity contribution in [2.75, 3.05) is 7.11 Å². The Hall–Kier alpha value is -0.350. The van der Waals surface area contributed by atoms with Crippen molar-refractivity contribution in [3.8, 4) is 0 Å². The van der Waals surface area contributed by atoms with Crippen LogP contribution in [0.5, 0.6) is 0 Å². The van der Waals surface area contributed by atoms with E-state index in [0.717, 1.165) is 0 Å². The molecule has 0 heterocycles. The number of nitrogens with zero attached hydrogens (tertiary/aromatic N) is 1. The lowest BCUT2D eigenvalue weighted by molar-refractivity contribution is 0.444. The lowest BCUT2D eigenvalue weighted by Gasteiger charge is -1.93. The molecule has 4 heteroatoms. The molecule has 0 spiro atoms. The summed E-state index contributed by atoms with van der Waals surface area (Å²) in [5.74, 6) is 3.08. The highest BCUT2D eigenvalue weighted by Gasteiger charge is 1.87. The third-order valence-electron chi connectivity index (χ3n) is 0.457. The molecule has 0 aliphatic rings. The molecule has 0 aromatic carbocycles.